The molecule has 0 fully saturated rings. The summed E-state index contributed by atoms with van der Waals surface area (Å²) >= 11 is 0. The second kappa shape index (κ2) is 9.20. The minimum Gasteiger partial charge on any atom is -0.393 e. The molecule has 1 aromatic carbocycles. The number of benzene rings is 1. The van der Waals surface area contributed by atoms with E-state index in [9.17, 15) is 14.7 Å². The summed E-state index contributed by atoms with van der Waals surface area (Å²) in [7, 11) is 0. The fraction of sp³-hybridized carbons (Fsp3) is 0.471. The van der Waals surface area contributed by atoms with Gasteiger partial charge >= 0.3 is 0 Å². The molecule has 0 aliphatic heterocycles. The van der Waals surface area contributed by atoms with Crippen molar-refractivity contribution < 1.29 is 14.7 Å². The first-order valence-corrected chi connectivity index (χ1v) is 7.57. The first kappa shape index (κ1) is 18.2. The van der Waals surface area contributed by atoms with Crippen LogP contribution in [-0.2, 0) is 16.0 Å². The van der Waals surface area contributed by atoms with Crippen molar-refractivity contribution in [2.75, 3.05) is 0 Å². The zero-order chi connectivity index (χ0) is 16.5. The molecule has 0 aliphatic carbocycles. The molecular formula is C17H25N2O3. The summed E-state index contributed by atoms with van der Waals surface area (Å²) in [5.41, 5.74) is 11.7. The zero-order valence-electron chi connectivity index (χ0n) is 12.9. The molecule has 0 aliphatic rings. The number of aliphatic hydroxyl groups excluding tert-OH is 1. The van der Waals surface area contributed by atoms with Crippen LogP contribution in [0.1, 0.15) is 31.7 Å². The Balaban J connectivity index is 2.57. The van der Waals surface area contributed by atoms with Gasteiger partial charge in [-0.2, -0.15) is 0 Å². The predicted molar refractivity (Wildman–Crippen MR) is 85.3 cm³/mol. The maximum Gasteiger partial charge on any atom is 0.220 e. The topological polar surface area (TPSA) is 106 Å². The summed E-state index contributed by atoms with van der Waals surface area (Å²) in [5.74, 6) is -1.74. The van der Waals surface area contributed by atoms with Crippen molar-refractivity contribution >= 4 is 11.8 Å². The summed E-state index contributed by atoms with van der Waals surface area (Å²) in [6, 6.07) is 9.73. The zero-order valence-corrected chi connectivity index (χ0v) is 12.9. The quantitative estimate of drug-likeness (QED) is 0.604. The van der Waals surface area contributed by atoms with E-state index in [0.29, 0.717) is 12.8 Å². The molecule has 0 heterocycles. The van der Waals surface area contributed by atoms with E-state index in [4.69, 9.17) is 11.5 Å². The Labute approximate surface area is 131 Å². The molecule has 5 heteroatoms. The normalized spacial score (nSPS) is 15.0. The van der Waals surface area contributed by atoms with E-state index in [-0.39, 0.29) is 18.8 Å². The van der Waals surface area contributed by atoms with E-state index in [1.165, 1.54) is 0 Å². The second-order valence-corrected chi connectivity index (χ2v) is 5.58. The molecule has 5 nitrogen and oxygen atoms in total. The Bertz CT molecular complexity index is 476. The number of nitrogens with two attached hydrogens (primary N) is 2. The van der Waals surface area contributed by atoms with Crippen molar-refractivity contribution in [3.63, 3.8) is 0 Å². The van der Waals surface area contributed by atoms with Gasteiger partial charge in [0.25, 0.3) is 0 Å². The molecule has 1 rings (SSSR count). The third kappa shape index (κ3) is 6.26. The molecule has 1 aromatic rings. The smallest absolute Gasteiger partial charge is 0.220 e. The van der Waals surface area contributed by atoms with E-state index >= 15 is 0 Å². The Kier molecular flexibility index (Phi) is 7.60. The lowest BCUT2D eigenvalue weighted by Gasteiger charge is -2.24. The molecule has 1 radical (unpaired) electrons. The number of amides is 2. The van der Waals surface area contributed by atoms with E-state index in [0.717, 1.165) is 5.56 Å². The van der Waals surface area contributed by atoms with Crippen molar-refractivity contribution in [1.29, 1.82) is 0 Å². The average Bonchev–Trinajstić information content (AvgIpc) is 2.49. The van der Waals surface area contributed by atoms with Gasteiger partial charge in [0.05, 0.1) is 6.10 Å². The van der Waals surface area contributed by atoms with Crippen LogP contribution in [0.5, 0.6) is 0 Å². The molecular weight excluding hydrogens is 280 g/mol. The van der Waals surface area contributed by atoms with Crippen LogP contribution < -0.4 is 11.5 Å². The van der Waals surface area contributed by atoms with Crippen molar-refractivity contribution in [2.24, 2.45) is 23.3 Å². The first-order valence-electron chi connectivity index (χ1n) is 7.57. The highest BCUT2D eigenvalue weighted by atomic mass is 16.3. The number of carbonyl (C=O) groups excluding carboxylic acids is 2. The number of aliphatic hydroxyl groups is 1. The van der Waals surface area contributed by atoms with Gasteiger partial charge in [-0.3, -0.25) is 9.59 Å². The van der Waals surface area contributed by atoms with Crippen molar-refractivity contribution in [3.8, 4) is 0 Å². The summed E-state index contributed by atoms with van der Waals surface area (Å²) < 4.78 is 0. The van der Waals surface area contributed by atoms with Crippen molar-refractivity contribution in [3.05, 3.63) is 42.3 Å². The van der Waals surface area contributed by atoms with Crippen molar-refractivity contribution in [1.82, 2.24) is 0 Å². The molecule has 0 saturated heterocycles. The monoisotopic (exact) mass is 305 g/mol. The second-order valence-electron chi connectivity index (χ2n) is 5.58. The highest BCUT2D eigenvalue weighted by molar-refractivity contribution is 5.79. The Hall–Kier alpha value is -1.88. The SMILES string of the molecule is CCC(CC(N)=O)[C@H](C[C@@H](O)[CH]Cc1ccccc1)C(N)=O. The highest BCUT2D eigenvalue weighted by Gasteiger charge is 2.28. The highest BCUT2D eigenvalue weighted by Crippen LogP contribution is 2.25. The van der Waals surface area contributed by atoms with Gasteiger partial charge in [-0.15, -0.1) is 0 Å². The van der Waals surface area contributed by atoms with Gasteiger partial charge in [-0.1, -0.05) is 43.7 Å². The van der Waals surface area contributed by atoms with Crippen molar-refractivity contribution in [2.45, 2.75) is 38.7 Å². The molecule has 22 heavy (non-hydrogen) atoms. The molecule has 121 valence electrons. The standard InChI is InChI=1S/C17H25N2O3/c1-2-13(10-16(18)21)15(17(19)22)11-14(20)9-8-12-6-4-3-5-7-12/h3-7,9,13-15,20H,2,8,10-11H2,1H3,(H2,18,21)(H2,19,22)/t13?,14-,15-/m0/s1. The Morgan fingerprint density at radius 3 is 2.36 bits per heavy atom. The van der Waals surface area contributed by atoms with Crippen LogP contribution >= 0.6 is 0 Å². The van der Waals surface area contributed by atoms with Gasteiger partial charge in [0.2, 0.25) is 11.8 Å². The number of carbonyl (C=O) groups is 2. The van der Waals surface area contributed by atoms with E-state index in [1.54, 1.807) is 6.42 Å². The first-order chi connectivity index (χ1) is 10.4. The van der Waals surface area contributed by atoms with Crippen LogP contribution in [-0.4, -0.2) is 23.0 Å². The number of hydrogen-bond donors (Lipinski definition) is 3. The van der Waals surface area contributed by atoms with Gasteiger partial charge in [0.1, 0.15) is 0 Å². The summed E-state index contributed by atoms with van der Waals surface area (Å²) in [4.78, 5) is 22.7. The predicted octanol–water partition coefficient (Wildman–Crippen LogP) is 1.19. The maximum absolute atomic E-state index is 11.6. The lowest BCUT2D eigenvalue weighted by Crippen LogP contribution is -2.35. The van der Waals surface area contributed by atoms with Gasteiger partial charge in [0, 0.05) is 12.3 Å². The van der Waals surface area contributed by atoms with E-state index in [2.05, 4.69) is 0 Å². The summed E-state index contributed by atoms with van der Waals surface area (Å²) in [6.45, 7) is 1.88. The molecule has 0 aromatic heterocycles. The molecule has 0 spiro atoms. The lowest BCUT2D eigenvalue weighted by atomic mass is 9.82. The molecule has 0 bridgehead atoms. The molecule has 3 atom stereocenters. The molecule has 2 amide bonds. The van der Waals surface area contributed by atoms with Crippen LogP contribution in [0, 0.1) is 18.3 Å². The van der Waals surface area contributed by atoms with Gasteiger partial charge in [-0.25, -0.2) is 0 Å². The molecule has 0 saturated carbocycles. The number of rotatable bonds is 10. The van der Waals surface area contributed by atoms with Crippen LogP contribution in [0.4, 0.5) is 0 Å². The fourth-order valence-corrected chi connectivity index (χ4v) is 2.61. The van der Waals surface area contributed by atoms with E-state index < -0.39 is 23.8 Å². The average molecular weight is 305 g/mol. The summed E-state index contributed by atoms with van der Waals surface area (Å²) in [5, 5.41) is 10.1. The maximum atomic E-state index is 11.6. The van der Waals surface area contributed by atoms with Crippen LogP contribution in [0.25, 0.3) is 0 Å². The Morgan fingerprint density at radius 2 is 1.86 bits per heavy atom. The number of hydrogen-bond acceptors (Lipinski definition) is 3. The van der Waals surface area contributed by atoms with E-state index in [1.807, 2.05) is 37.3 Å². The minimum absolute atomic E-state index is 0.107. The number of primary amides is 2. The lowest BCUT2D eigenvalue weighted by molar-refractivity contribution is -0.126. The molecule has 5 N–H and O–H groups in total. The van der Waals surface area contributed by atoms with Gasteiger partial charge in [-0.05, 0) is 30.7 Å². The molecule has 1 unspecified atom stereocenters. The van der Waals surface area contributed by atoms with Crippen LogP contribution in [0.3, 0.4) is 0 Å². The fourth-order valence-electron chi connectivity index (χ4n) is 2.61. The van der Waals surface area contributed by atoms with Crippen LogP contribution in [0.15, 0.2) is 30.3 Å². The minimum atomic E-state index is -0.750. The largest absolute Gasteiger partial charge is 0.393 e. The Morgan fingerprint density at radius 1 is 1.23 bits per heavy atom. The third-order valence-corrected chi connectivity index (χ3v) is 3.89. The summed E-state index contributed by atoms with van der Waals surface area (Å²) in [6.07, 6.45) is 2.55. The van der Waals surface area contributed by atoms with Crippen LogP contribution in [0.2, 0.25) is 0 Å². The van der Waals surface area contributed by atoms with Gasteiger partial charge in [0.15, 0.2) is 0 Å². The third-order valence-electron chi connectivity index (χ3n) is 3.89. The van der Waals surface area contributed by atoms with Gasteiger partial charge < -0.3 is 16.6 Å².